The molecule has 0 saturated carbocycles. The van der Waals surface area contributed by atoms with Crippen molar-refractivity contribution < 1.29 is 13.9 Å². The van der Waals surface area contributed by atoms with Gasteiger partial charge >= 0.3 is 0 Å². The summed E-state index contributed by atoms with van der Waals surface area (Å²) in [6.45, 7) is 0.577. The second-order valence-electron chi connectivity index (χ2n) is 6.05. The van der Waals surface area contributed by atoms with Gasteiger partial charge in [0.05, 0.1) is 11.2 Å². The Balaban J connectivity index is 1.53. The molecule has 0 bridgehead atoms. The molecule has 0 atom stereocenters. The summed E-state index contributed by atoms with van der Waals surface area (Å²) in [7, 11) is 0. The lowest BCUT2D eigenvalue weighted by molar-refractivity contribution is -0.383. The summed E-state index contributed by atoms with van der Waals surface area (Å²) in [6.07, 6.45) is 2.27. The van der Waals surface area contributed by atoms with Crippen LogP contribution in [0.2, 0.25) is 0 Å². The van der Waals surface area contributed by atoms with Crippen molar-refractivity contribution in [3.63, 3.8) is 0 Å². The number of nitrogens with one attached hydrogen (secondary N) is 1. The van der Waals surface area contributed by atoms with E-state index in [-0.39, 0.29) is 17.4 Å². The fourth-order valence-corrected chi connectivity index (χ4v) is 2.80. The molecule has 0 radical (unpaired) electrons. The van der Waals surface area contributed by atoms with Crippen LogP contribution in [-0.4, -0.2) is 21.6 Å². The van der Waals surface area contributed by atoms with Crippen LogP contribution in [0.5, 0.6) is 0 Å². The maximum Gasteiger partial charge on any atom is 0.293 e. The van der Waals surface area contributed by atoms with Crippen molar-refractivity contribution in [2.45, 2.75) is 6.42 Å². The van der Waals surface area contributed by atoms with Crippen molar-refractivity contribution in [2.24, 2.45) is 0 Å². The Bertz CT molecular complexity index is 1070. The van der Waals surface area contributed by atoms with Gasteiger partial charge in [0.1, 0.15) is 5.69 Å². The fourth-order valence-electron chi connectivity index (χ4n) is 2.80. The van der Waals surface area contributed by atoms with E-state index in [1.165, 1.54) is 12.3 Å². The van der Waals surface area contributed by atoms with Crippen LogP contribution in [-0.2, 0) is 6.42 Å². The summed E-state index contributed by atoms with van der Waals surface area (Å²) in [5.74, 6) is 0.932. The number of hydrogen-bond acceptors (Lipinski definition) is 7. The predicted octanol–water partition coefficient (Wildman–Crippen LogP) is 4.56. The van der Waals surface area contributed by atoms with Crippen LogP contribution in [0.15, 0.2) is 75.9 Å². The van der Waals surface area contributed by atoms with E-state index in [1.807, 2.05) is 30.3 Å². The van der Waals surface area contributed by atoms with Gasteiger partial charge in [0.2, 0.25) is 5.82 Å². The number of nitro benzene ring substituents is 1. The van der Waals surface area contributed by atoms with E-state index >= 15 is 0 Å². The zero-order valence-electron chi connectivity index (χ0n) is 14.7. The Hall–Kier alpha value is -3.94. The van der Waals surface area contributed by atoms with Gasteiger partial charge in [-0.05, 0) is 36.2 Å². The Morgan fingerprint density at radius 1 is 1.07 bits per heavy atom. The molecule has 2 aromatic heterocycles. The third-order valence-electron chi connectivity index (χ3n) is 4.18. The van der Waals surface area contributed by atoms with Gasteiger partial charge in [-0.1, -0.05) is 35.5 Å². The van der Waals surface area contributed by atoms with E-state index in [0.717, 1.165) is 12.0 Å². The van der Waals surface area contributed by atoms with Crippen molar-refractivity contribution in [1.82, 2.24) is 10.1 Å². The van der Waals surface area contributed by atoms with E-state index in [4.69, 9.17) is 8.94 Å². The molecule has 0 fully saturated rings. The van der Waals surface area contributed by atoms with Gasteiger partial charge < -0.3 is 14.3 Å². The summed E-state index contributed by atoms with van der Waals surface area (Å²) >= 11 is 0. The summed E-state index contributed by atoms with van der Waals surface area (Å²) in [5, 5.41) is 18.5. The first kappa shape index (κ1) is 17.5. The molecule has 2 heterocycles. The number of anilines is 1. The lowest BCUT2D eigenvalue weighted by Crippen LogP contribution is -2.07. The molecule has 0 aliphatic heterocycles. The Kier molecular flexibility index (Phi) is 4.83. The minimum atomic E-state index is -0.432. The van der Waals surface area contributed by atoms with Crippen molar-refractivity contribution in [3.05, 3.63) is 82.6 Å². The van der Waals surface area contributed by atoms with Crippen molar-refractivity contribution in [1.29, 1.82) is 0 Å². The van der Waals surface area contributed by atoms with Crippen LogP contribution >= 0.6 is 0 Å². The molecule has 28 heavy (non-hydrogen) atoms. The lowest BCUT2D eigenvalue weighted by atomic mass is 10.1. The fraction of sp³-hybridized carbons (Fsp3) is 0.100. The molecule has 0 saturated heterocycles. The third-order valence-corrected chi connectivity index (χ3v) is 4.18. The van der Waals surface area contributed by atoms with E-state index in [9.17, 15) is 10.1 Å². The van der Waals surface area contributed by atoms with Gasteiger partial charge in [-0.2, -0.15) is 4.98 Å². The van der Waals surface area contributed by atoms with Crippen molar-refractivity contribution >= 4 is 11.4 Å². The highest BCUT2D eigenvalue weighted by molar-refractivity contribution is 5.70. The van der Waals surface area contributed by atoms with Gasteiger partial charge in [-0.15, -0.1) is 0 Å². The lowest BCUT2D eigenvalue weighted by Gasteiger charge is -2.08. The number of rotatable bonds is 7. The van der Waals surface area contributed by atoms with E-state index < -0.39 is 4.92 Å². The maximum atomic E-state index is 11.5. The molecule has 0 amide bonds. The molecule has 140 valence electrons. The number of hydrogen-bond donors (Lipinski definition) is 1. The minimum absolute atomic E-state index is 0.0525. The molecule has 8 nitrogen and oxygen atoms in total. The molecule has 0 spiro atoms. The second-order valence-corrected chi connectivity index (χ2v) is 6.05. The zero-order valence-corrected chi connectivity index (χ0v) is 14.7. The standard InChI is InChI=1S/C20H16N4O4/c25-24(26)17-13-15(20-22-19(23-28-20)18-7-4-12-27-18)8-9-16(17)21-11-10-14-5-2-1-3-6-14/h1-9,12-13,21H,10-11H2. The molecular weight excluding hydrogens is 360 g/mol. The SMILES string of the molecule is O=[N+]([O-])c1cc(-c2nc(-c3ccco3)no2)ccc1NCCc1ccccc1. The summed E-state index contributed by atoms with van der Waals surface area (Å²) in [5.41, 5.74) is 2.01. The van der Waals surface area contributed by atoms with Crippen LogP contribution in [0.1, 0.15) is 5.56 Å². The summed E-state index contributed by atoms with van der Waals surface area (Å²) in [4.78, 5) is 15.3. The summed E-state index contributed by atoms with van der Waals surface area (Å²) in [6, 6.07) is 18.1. The van der Waals surface area contributed by atoms with Gasteiger partial charge in [0, 0.05) is 18.2 Å². The number of nitrogens with zero attached hydrogens (tertiary/aromatic N) is 3. The number of nitro groups is 1. The topological polar surface area (TPSA) is 107 Å². The second kappa shape index (κ2) is 7.75. The van der Waals surface area contributed by atoms with Crippen molar-refractivity contribution in [3.8, 4) is 23.0 Å². The van der Waals surface area contributed by atoms with Crippen LogP contribution < -0.4 is 5.32 Å². The molecule has 0 aliphatic carbocycles. The first-order valence-corrected chi connectivity index (χ1v) is 8.65. The average Bonchev–Trinajstić information content (AvgIpc) is 3.41. The Morgan fingerprint density at radius 3 is 2.68 bits per heavy atom. The minimum Gasteiger partial charge on any atom is -0.461 e. The molecular formula is C20H16N4O4. The van der Waals surface area contributed by atoms with Gasteiger partial charge in [0.15, 0.2) is 5.76 Å². The van der Waals surface area contributed by atoms with Gasteiger partial charge in [-0.3, -0.25) is 10.1 Å². The summed E-state index contributed by atoms with van der Waals surface area (Å²) < 4.78 is 10.5. The number of benzene rings is 2. The monoisotopic (exact) mass is 376 g/mol. The first-order chi connectivity index (χ1) is 13.7. The number of aromatic nitrogens is 2. The van der Waals surface area contributed by atoms with Gasteiger partial charge in [0.25, 0.3) is 11.6 Å². The van der Waals surface area contributed by atoms with Crippen LogP contribution in [0, 0.1) is 10.1 Å². The van der Waals surface area contributed by atoms with E-state index in [1.54, 1.807) is 24.3 Å². The largest absolute Gasteiger partial charge is 0.461 e. The van der Waals surface area contributed by atoms with E-state index in [2.05, 4.69) is 15.5 Å². The number of furan rings is 1. The Labute approximate surface area is 160 Å². The molecule has 2 aromatic carbocycles. The average molecular weight is 376 g/mol. The first-order valence-electron chi connectivity index (χ1n) is 8.65. The Morgan fingerprint density at radius 2 is 1.93 bits per heavy atom. The molecule has 1 N–H and O–H groups in total. The molecule has 4 rings (SSSR count). The highest BCUT2D eigenvalue weighted by atomic mass is 16.6. The van der Waals surface area contributed by atoms with Crippen molar-refractivity contribution in [2.75, 3.05) is 11.9 Å². The van der Waals surface area contributed by atoms with Gasteiger partial charge in [-0.25, -0.2) is 0 Å². The third kappa shape index (κ3) is 3.75. The highest BCUT2D eigenvalue weighted by Crippen LogP contribution is 2.31. The van der Waals surface area contributed by atoms with Crippen LogP contribution in [0.3, 0.4) is 0 Å². The predicted molar refractivity (Wildman–Crippen MR) is 103 cm³/mol. The highest BCUT2D eigenvalue weighted by Gasteiger charge is 2.19. The van der Waals surface area contributed by atoms with Crippen LogP contribution in [0.4, 0.5) is 11.4 Å². The van der Waals surface area contributed by atoms with E-state index in [0.29, 0.717) is 23.6 Å². The molecule has 0 unspecified atom stereocenters. The molecule has 0 aliphatic rings. The zero-order chi connectivity index (χ0) is 19.3. The quantitative estimate of drug-likeness (QED) is 0.372. The smallest absolute Gasteiger partial charge is 0.293 e. The normalized spacial score (nSPS) is 10.7. The maximum absolute atomic E-state index is 11.5. The molecule has 4 aromatic rings. The van der Waals surface area contributed by atoms with Crippen LogP contribution in [0.25, 0.3) is 23.0 Å². The molecule has 8 heteroatoms.